The SMILES string of the molecule is CCC1(CC)C(=O)C(=O)C1C. The molecule has 0 aliphatic heterocycles. The average Bonchev–Trinajstić information content (AvgIpc) is 2.06. The number of hydrogen-bond acceptors (Lipinski definition) is 2. The van der Waals surface area contributed by atoms with E-state index < -0.39 is 0 Å². The van der Waals surface area contributed by atoms with E-state index in [1.165, 1.54) is 0 Å². The van der Waals surface area contributed by atoms with Gasteiger partial charge < -0.3 is 0 Å². The van der Waals surface area contributed by atoms with Crippen molar-refractivity contribution in [2.24, 2.45) is 11.3 Å². The highest BCUT2D eigenvalue weighted by Gasteiger charge is 2.56. The van der Waals surface area contributed by atoms with Gasteiger partial charge in [0.25, 0.3) is 0 Å². The van der Waals surface area contributed by atoms with E-state index in [1.807, 2.05) is 20.8 Å². The van der Waals surface area contributed by atoms with E-state index in [2.05, 4.69) is 0 Å². The fraction of sp³-hybridized carbons (Fsp3) is 0.778. The van der Waals surface area contributed by atoms with Crippen LogP contribution in [0.1, 0.15) is 33.6 Å². The Balaban J connectivity index is 2.87. The lowest BCUT2D eigenvalue weighted by atomic mass is 9.56. The molecule has 0 aromatic heterocycles. The smallest absolute Gasteiger partial charge is 0.205 e. The third kappa shape index (κ3) is 0.784. The minimum Gasteiger partial charge on any atom is -0.291 e. The first-order valence-corrected chi connectivity index (χ1v) is 4.18. The number of ketones is 2. The third-order valence-electron chi connectivity index (χ3n) is 3.16. The molecule has 1 aliphatic rings. The Kier molecular flexibility index (Phi) is 1.87. The van der Waals surface area contributed by atoms with Crippen molar-refractivity contribution in [3.63, 3.8) is 0 Å². The highest BCUT2D eigenvalue weighted by atomic mass is 16.2. The van der Waals surface area contributed by atoms with E-state index in [9.17, 15) is 9.59 Å². The molecule has 0 N–H and O–H groups in total. The van der Waals surface area contributed by atoms with Crippen LogP contribution in [-0.4, -0.2) is 11.6 Å². The van der Waals surface area contributed by atoms with Gasteiger partial charge in [0.15, 0.2) is 0 Å². The predicted molar refractivity (Wildman–Crippen MR) is 42.2 cm³/mol. The van der Waals surface area contributed by atoms with E-state index in [0.29, 0.717) is 0 Å². The first-order valence-electron chi connectivity index (χ1n) is 4.18. The monoisotopic (exact) mass is 154 g/mol. The lowest BCUT2D eigenvalue weighted by molar-refractivity contribution is -0.161. The third-order valence-corrected chi connectivity index (χ3v) is 3.16. The van der Waals surface area contributed by atoms with Crippen molar-refractivity contribution < 1.29 is 9.59 Å². The molecule has 1 atom stereocenters. The summed E-state index contributed by atoms with van der Waals surface area (Å²) in [6.07, 6.45) is 1.60. The van der Waals surface area contributed by atoms with Crippen molar-refractivity contribution in [2.75, 3.05) is 0 Å². The van der Waals surface area contributed by atoms with Crippen LogP contribution in [0.15, 0.2) is 0 Å². The molecule has 11 heavy (non-hydrogen) atoms. The number of carbonyl (C=O) groups is 2. The quantitative estimate of drug-likeness (QED) is 0.566. The van der Waals surface area contributed by atoms with Crippen LogP contribution in [-0.2, 0) is 9.59 Å². The van der Waals surface area contributed by atoms with Gasteiger partial charge in [0, 0.05) is 11.3 Å². The van der Waals surface area contributed by atoms with E-state index in [4.69, 9.17) is 0 Å². The second kappa shape index (κ2) is 2.43. The van der Waals surface area contributed by atoms with Gasteiger partial charge in [0.05, 0.1) is 0 Å². The Morgan fingerprint density at radius 2 is 1.73 bits per heavy atom. The van der Waals surface area contributed by atoms with Gasteiger partial charge in [-0.25, -0.2) is 0 Å². The van der Waals surface area contributed by atoms with Gasteiger partial charge in [0.2, 0.25) is 11.6 Å². The van der Waals surface area contributed by atoms with Crippen molar-refractivity contribution >= 4 is 11.6 Å². The van der Waals surface area contributed by atoms with Gasteiger partial charge in [-0.3, -0.25) is 9.59 Å². The summed E-state index contributed by atoms with van der Waals surface area (Å²) in [6.45, 7) is 5.81. The summed E-state index contributed by atoms with van der Waals surface area (Å²) in [5.74, 6) is -0.353. The zero-order valence-corrected chi connectivity index (χ0v) is 7.31. The lowest BCUT2D eigenvalue weighted by Gasteiger charge is -2.43. The molecule has 0 spiro atoms. The Morgan fingerprint density at radius 1 is 1.27 bits per heavy atom. The van der Waals surface area contributed by atoms with Gasteiger partial charge in [-0.2, -0.15) is 0 Å². The summed E-state index contributed by atoms with van der Waals surface area (Å²) in [5, 5.41) is 0. The largest absolute Gasteiger partial charge is 0.291 e. The summed E-state index contributed by atoms with van der Waals surface area (Å²) in [4.78, 5) is 22.2. The van der Waals surface area contributed by atoms with Crippen molar-refractivity contribution in [2.45, 2.75) is 33.6 Å². The van der Waals surface area contributed by atoms with Crippen LogP contribution in [0.2, 0.25) is 0 Å². The molecule has 2 nitrogen and oxygen atoms in total. The minimum absolute atomic E-state index is 0.0370. The van der Waals surface area contributed by atoms with Crippen molar-refractivity contribution in [1.82, 2.24) is 0 Å². The van der Waals surface area contributed by atoms with E-state index in [1.54, 1.807) is 0 Å². The molecule has 0 bridgehead atoms. The van der Waals surface area contributed by atoms with Gasteiger partial charge in [-0.05, 0) is 12.8 Å². The fourth-order valence-electron chi connectivity index (χ4n) is 2.00. The van der Waals surface area contributed by atoms with Crippen LogP contribution in [0.25, 0.3) is 0 Å². The van der Waals surface area contributed by atoms with Crippen molar-refractivity contribution in [3.05, 3.63) is 0 Å². The summed E-state index contributed by atoms with van der Waals surface area (Å²) in [6, 6.07) is 0. The molecule has 0 heterocycles. The molecule has 1 unspecified atom stereocenters. The molecule has 1 rings (SSSR count). The number of rotatable bonds is 2. The second-order valence-electron chi connectivity index (χ2n) is 3.28. The maximum Gasteiger partial charge on any atom is 0.205 e. The van der Waals surface area contributed by atoms with Crippen molar-refractivity contribution in [3.8, 4) is 0 Å². The molecule has 0 aromatic carbocycles. The molecule has 2 heteroatoms. The van der Waals surface area contributed by atoms with E-state index >= 15 is 0 Å². The van der Waals surface area contributed by atoms with Crippen molar-refractivity contribution in [1.29, 1.82) is 0 Å². The zero-order valence-electron chi connectivity index (χ0n) is 7.31. The van der Waals surface area contributed by atoms with E-state index in [-0.39, 0.29) is 22.9 Å². The maximum absolute atomic E-state index is 11.2. The maximum atomic E-state index is 11.2. The molecule has 0 saturated heterocycles. The van der Waals surface area contributed by atoms with Gasteiger partial charge in [-0.15, -0.1) is 0 Å². The van der Waals surface area contributed by atoms with Crippen LogP contribution in [0.4, 0.5) is 0 Å². The van der Waals surface area contributed by atoms with Crippen LogP contribution in [0.3, 0.4) is 0 Å². The summed E-state index contributed by atoms with van der Waals surface area (Å²) in [7, 11) is 0. The van der Waals surface area contributed by atoms with Crippen LogP contribution in [0, 0.1) is 11.3 Å². The highest BCUT2D eigenvalue weighted by Crippen LogP contribution is 2.45. The van der Waals surface area contributed by atoms with Crippen LogP contribution >= 0.6 is 0 Å². The molecule has 0 amide bonds. The Morgan fingerprint density at radius 3 is 1.91 bits per heavy atom. The molecule has 0 radical (unpaired) electrons. The molecule has 62 valence electrons. The first kappa shape index (κ1) is 8.44. The van der Waals surface area contributed by atoms with Gasteiger partial charge >= 0.3 is 0 Å². The predicted octanol–water partition coefficient (Wildman–Crippen LogP) is 1.58. The summed E-state index contributed by atoms with van der Waals surface area (Å²) >= 11 is 0. The average molecular weight is 154 g/mol. The number of hydrogen-bond donors (Lipinski definition) is 0. The van der Waals surface area contributed by atoms with Crippen LogP contribution in [0.5, 0.6) is 0 Å². The summed E-state index contributed by atoms with van der Waals surface area (Å²) in [5.41, 5.74) is -0.295. The molecule has 1 fully saturated rings. The molecule has 1 aliphatic carbocycles. The standard InChI is InChI=1S/C9H14O2/c1-4-9(5-2)6(3)7(10)8(9)11/h6H,4-5H2,1-3H3. The van der Waals surface area contributed by atoms with Gasteiger partial charge in [-0.1, -0.05) is 20.8 Å². The number of Topliss-reactive ketones (excluding diaryl/α,β-unsaturated/α-hetero) is 2. The Hall–Kier alpha value is -0.660. The lowest BCUT2D eigenvalue weighted by Crippen LogP contribution is -2.56. The number of carbonyl (C=O) groups excluding carboxylic acids is 2. The van der Waals surface area contributed by atoms with Crippen LogP contribution < -0.4 is 0 Å². The second-order valence-corrected chi connectivity index (χ2v) is 3.28. The Labute approximate surface area is 67.0 Å². The van der Waals surface area contributed by atoms with Gasteiger partial charge in [0.1, 0.15) is 0 Å². The normalized spacial score (nSPS) is 28.5. The molecular weight excluding hydrogens is 140 g/mol. The topological polar surface area (TPSA) is 34.1 Å². The minimum atomic E-state index is -0.295. The first-order chi connectivity index (χ1) is 5.10. The summed E-state index contributed by atoms with van der Waals surface area (Å²) < 4.78 is 0. The molecule has 1 saturated carbocycles. The molecular formula is C9H14O2. The van der Waals surface area contributed by atoms with E-state index in [0.717, 1.165) is 12.8 Å². The zero-order chi connectivity index (χ0) is 8.65. The highest BCUT2D eigenvalue weighted by molar-refractivity contribution is 6.47. The Bertz CT molecular complexity index is 202. The fourth-order valence-corrected chi connectivity index (χ4v) is 2.00. The molecule has 0 aromatic rings.